The van der Waals surface area contributed by atoms with Crippen molar-refractivity contribution in [3.63, 3.8) is 0 Å². The Morgan fingerprint density at radius 3 is 2.37 bits per heavy atom. The van der Waals surface area contributed by atoms with Crippen LogP contribution in [0, 0.1) is 0 Å². The Bertz CT molecular complexity index is 824. The third-order valence-electron chi connectivity index (χ3n) is 3.75. The summed E-state index contributed by atoms with van der Waals surface area (Å²) in [6, 6.07) is 13.3. The number of hydrogen-bond donors (Lipinski definition) is 1. The standard InChI is InChI=1S/C19H18BNO6/c1-25-18(23)15-10-13(20)8-9-14(15)16(19(24)26-2)17(22)21-27-11-12-6-4-3-5-7-12/h3-10,16H,11H2,1-2H3,(H,21,22). The molecule has 0 aromatic heterocycles. The SMILES string of the molecule is [B]c1ccc(C(C(=O)NOCc2ccccc2)C(=O)OC)c(C(=O)OC)c1. The zero-order valence-electron chi connectivity index (χ0n) is 14.9. The molecular weight excluding hydrogens is 349 g/mol. The second-order valence-electron chi connectivity index (χ2n) is 5.54. The Morgan fingerprint density at radius 2 is 1.74 bits per heavy atom. The number of esters is 2. The summed E-state index contributed by atoms with van der Waals surface area (Å²) in [5.41, 5.74) is 3.42. The minimum absolute atomic E-state index is 0.00823. The molecule has 0 heterocycles. The first-order valence-corrected chi connectivity index (χ1v) is 7.99. The van der Waals surface area contributed by atoms with Crippen molar-refractivity contribution in [2.75, 3.05) is 14.2 Å². The summed E-state index contributed by atoms with van der Waals surface area (Å²) >= 11 is 0. The van der Waals surface area contributed by atoms with Gasteiger partial charge in [0.2, 0.25) is 0 Å². The van der Waals surface area contributed by atoms with E-state index in [1.165, 1.54) is 25.3 Å². The minimum Gasteiger partial charge on any atom is -0.468 e. The van der Waals surface area contributed by atoms with Gasteiger partial charge in [-0.15, -0.1) is 0 Å². The number of hydrogen-bond acceptors (Lipinski definition) is 6. The van der Waals surface area contributed by atoms with Gasteiger partial charge in [0.25, 0.3) is 5.91 Å². The van der Waals surface area contributed by atoms with E-state index >= 15 is 0 Å². The molecule has 8 heteroatoms. The van der Waals surface area contributed by atoms with Gasteiger partial charge in [0, 0.05) is 0 Å². The highest BCUT2D eigenvalue weighted by Gasteiger charge is 2.33. The Morgan fingerprint density at radius 1 is 1.04 bits per heavy atom. The van der Waals surface area contributed by atoms with Crippen LogP contribution in [0.5, 0.6) is 0 Å². The smallest absolute Gasteiger partial charge is 0.338 e. The lowest BCUT2D eigenvalue weighted by Crippen LogP contribution is -2.35. The fourth-order valence-corrected chi connectivity index (χ4v) is 2.43. The van der Waals surface area contributed by atoms with Crippen LogP contribution in [0.4, 0.5) is 0 Å². The highest BCUT2D eigenvalue weighted by atomic mass is 16.7. The first-order valence-electron chi connectivity index (χ1n) is 7.99. The van der Waals surface area contributed by atoms with Crippen molar-refractivity contribution < 1.29 is 28.7 Å². The van der Waals surface area contributed by atoms with Crippen LogP contribution >= 0.6 is 0 Å². The quantitative estimate of drug-likeness (QED) is 0.337. The minimum atomic E-state index is -1.43. The van der Waals surface area contributed by atoms with Gasteiger partial charge in [-0.2, -0.15) is 0 Å². The Hall–Kier alpha value is -3.13. The summed E-state index contributed by atoms with van der Waals surface area (Å²) in [7, 11) is 8.03. The number of carbonyl (C=O) groups is 3. The zero-order chi connectivity index (χ0) is 19.8. The van der Waals surface area contributed by atoms with Crippen molar-refractivity contribution in [1.82, 2.24) is 5.48 Å². The first-order chi connectivity index (χ1) is 13.0. The topological polar surface area (TPSA) is 90.9 Å². The first kappa shape index (κ1) is 20.2. The van der Waals surface area contributed by atoms with Crippen LogP contribution in [0.2, 0.25) is 0 Å². The van der Waals surface area contributed by atoms with Gasteiger partial charge < -0.3 is 9.47 Å². The van der Waals surface area contributed by atoms with E-state index in [1.807, 2.05) is 30.3 Å². The van der Waals surface area contributed by atoms with Crippen molar-refractivity contribution >= 4 is 31.2 Å². The van der Waals surface area contributed by atoms with Crippen LogP contribution in [0.15, 0.2) is 48.5 Å². The van der Waals surface area contributed by atoms with Crippen molar-refractivity contribution in [3.05, 3.63) is 65.2 Å². The number of methoxy groups -OCH3 is 2. The summed E-state index contributed by atoms with van der Waals surface area (Å²) < 4.78 is 9.42. The molecule has 2 rings (SSSR count). The maximum absolute atomic E-state index is 12.6. The third-order valence-corrected chi connectivity index (χ3v) is 3.75. The molecule has 27 heavy (non-hydrogen) atoms. The van der Waals surface area contributed by atoms with Gasteiger partial charge in [0.1, 0.15) is 7.85 Å². The van der Waals surface area contributed by atoms with Crippen LogP contribution in [0.25, 0.3) is 0 Å². The van der Waals surface area contributed by atoms with Crippen molar-refractivity contribution in [2.24, 2.45) is 0 Å². The fraction of sp³-hybridized carbons (Fsp3) is 0.211. The summed E-state index contributed by atoms with van der Waals surface area (Å²) in [4.78, 5) is 42.0. The largest absolute Gasteiger partial charge is 0.468 e. The molecule has 1 atom stereocenters. The van der Waals surface area contributed by atoms with Crippen molar-refractivity contribution in [1.29, 1.82) is 0 Å². The average molecular weight is 367 g/mol. The van der Waals surface area contributed by atoms with E-state index in [-0.39, 0.29) is 23.2 Å². The lowest BCUT2D eigenvalue weighted by molar-refractivity contribution is -0.150. The van der Waals surface area contributed by atoms with Gasteiger partial charge in [-0.1, -0.05) is 54.0 Å². The van der Waals surface area contributed by atoms with Gasteiger partial charge in [-0.3, -0.25) is 14.4 Å². The molecule has 2 aromatic carbocycles. The second-order valence-corrected chi connectivity index (χ2v) is 5.54. The maximum Gasteiger partial charge on any atom is 0.338 e. The molecule has 0 aliphatic heterocycles. The van der Waals surface area contributed by atoms with Gasteiger partial charge in [0.15, 0.2) is 5.92 Å². The molecule has 0 bridgehead atoms. The highest BCUT2D eigenvalue weighted by Crippen LogP contribution is 2.22. The van der Waals surface area contributed by atoms with E-state index in [2.05, 4.69) is 5.48 Å². The van der Waals surface area contributed by atoms with E-state index in [0.717, 1.165) is 12.7 Å². The summed E-state index contributed by atoms with van der Waals surface area (Å²) in [5.74, 6) is -3.80. The number of amides is 1. The van der Waals surface area contributed by atoms with Crippen LogP contribution < -0.4 is 10.9 Å². The number of nitrogens with one attached hydrogen (secondary N) is 1. The van der Waals surface area contributed by atoms with E-state index in [4.69, 9.17) is 22.2 Å². The van der Waals surface area contributed by atoms with E-state index in [1.54, 1.807) is 0 Å². The molecule has 2 radical (unpaired) electrons. The van der Waals surface area contributed by atoms with Gasteiger partial charge in [-0.05, 0) is 11.1 Å². The molecule has 0 saturated carbocycles. The molecule has 138 valence electrons. The van der Waals surface area contributed by atoms with Gasteiger partial charge in [0.05, 0.1) is 26.4 Å². The number of hydroxylamine groups is 1. The highest BCUT2D eigenvalue weighted by molar-refractivity contribution is 6.32. The van der Waals surface area contributed by atoms with Crippen LogP contribution in [-0.2, 0) is 30.5 Å². The molecule has 0 fully saturated rings. The summed E-state index contributed by atoms with van der Waals surface area (Å²) in [6.45, 7) is 0.103. The zero-order valence-corrected chi connectivity index (χ0v) is 14.9. The third kappa shape index (κ3) is 5.18. The molecule has 7 nitrogen and oxygen atoms in total. The Labute approximate surface area is 158 Å². The normalized spacial score (nSPS) is 11.3. The molecule has 1 N–H and O–H groups in total. The van der Waals surface area contributed by atoms with Gasteiger partial charge in [-0.25, -0.2) is 10.3 Å². The predicted molar refractivity (Wildman–Crippen MR) is 97.3 cm³/mol. The van der Waals surface area contributed by atoms with Crippen LogP contribution in [0.3, 0.4) is 0 Å². The Balaban J connectivity index is 2.23. The van der Waals surface area contributed by atoms with Crippen molar-refractivity contribution in [3.8, 4) is 0 Å². The molecule has 0 aliphatic rings. The molecule has 1 unspecified atom stereocenters. The number of ether oxygens (including phenoxy) is 2. The summed E-state index contributed by atoms with van der Waals surface area (Å²) in [6.07, 6.45) is 0. The monoisotopic (exact) mass is 367 g/mol. The predicted octanol–water partition coefficient (Wildman–Crippen LogP) is 0.772. The fourth-order valence-electron chi connectivity index (χ4n) is 2.43. The second kappa shape index (κ2) is 9.54. The van der Waals surface area contributed by atoms with Crippen LogP contribution in [0.1, 0.15) is 27.4 Å². The lowest BCUT2D eigenvalue weighted by atomic mass is 9.87. The molecule has 0 spiro atoms. The number of benzene rings is 2. The van der Waals surface area contributed by atoms with Crippen LogP contribution in [-0.4, -0.2) is 39.9 Å². The average Bonchev–Trinajstić information content (AvgIpc) is 2.69. The maximum atomic E-state index is 12.6. The molecule has 0 saturated heterocycles. The number of rotatable bonds is 7. The van der Waals surface area contributed by atoms with E-state index in [0.29, 0.717) is 0 Å². The van der Waals surface area contributed by atoms with Crippen molar-refractivity contribution in [2.45, 2.75) is 12.5 Å². The molecule has 2 aromatic rings. The Kier molecular flexibility index (Phi) is 7.13. The van der Waals surface area contributed by atoms with E-state index in [9.17, 15) is 14.4 Å². The van der Waals surface area contributed by atoms with E-state index < -0.39 is 23.8 Å². The molecule has 0 aliphatic carbocycles. The molecular formula is C19H18BNO6. The number of carbonyl (C=O) groups excluding carboxylic acids is 3. The molecule has 1 amide bonds. The lowest BCUT2D eigenvalue weighted by Gasteiger charge is -2.18. The van der Waals surface area contributed by atoms with Gasteiger partial charge >= 0.3 is 11.9 Å². The summed E-state index contributed by atoms with van der Waals surface area (Å²) in [5, 5.41) is 0.